The molecule has 2 unspecified atom stereocenters. The van der Waals surface area contributed by atoms with Crippen molar-refractivity contribution in [2.45, 2.75) is 77.2 Å². The van der Waals surface area contributed by atoms with Gasteiger partial charge in [-0.25, -0.2) is 0 Å². The van der Waals surface area contributed by atoms with Gasteiger partial charge in [0.1, 0.15) is 17.5 Å². The number of methoxy groups -OCH3 is 3. The number of Topliss-reactive ketones (excluding diaryl/α,β-unsaturated/α-hetero) is 1. The fourth-order valence-corrected chi connectivity index (χ4v) is 4.40. The predicted octanol–water partition coefficient (Wildman–Crippen LogP) is 6.11. The molecule has 0 aliphatic carbocycles. The Morgan fingerprint density at radius 3 is 2.26 bits per heavy atom. The number of carbonyl (C=O) groups is 2. The number of benzene rings is 2. The van der Waals surface area contributed by atoms with Crippen LogP contribution in [0, 0.1) is 0 Å². The number of hydrogen-bond donors (Lipinski definition) is 1. The topological polar surface area (TPSA) is 87.9 Å². The smallest absolute Gasteiger partial charge is 0.327 e. The van der Waals surface area contributed by atoms with Gasteiger partial charge in [0.05, 0.1) is 21.3 Å². The minimum atomic E-state index is -0.942. The van der Waals surface area contributed by atoms with Gasteiger partial charge in [-0.05, 0) is 46.6 Å². The highest BCUT2D eigenvalue weighted by Gasteiger charge is 2.27. The van der Waals surface area contributed by atoms with Gasteiger partial charge in [-0.3, -0.25) is 9.59 Å². The summed E-state index contributed by atoms with van der Waals surface area (Å²) >= 11 is 0. The van der Waals surface area contributed by atoms with Gasteiger partial charge in [-0.15, -0.1) is 0 Å². The predicted molar refractivity (Wildman–Crippen MR) is 139 cm³/mol. The van der Waals surface area contributed by atoms with E-state index in [4.69, 9.17) is 19.9 Å². The molecule has 2 aromatic carbocycles. The first-order valence-corrected chi connectivity index (χ1v) is 12.3. The molecular weight excluding hydrogens is 442 g/mol. The minimum absolute atomic E-state index is 0.0133. The fraction of sp³-hybridized carbons (Fsp3) is 0.517. The van der Waals surface area contributed by atoms with Crippen molar-refractivity contribution in [3.05, 3.63) is 58.7 Å². The maximum Gasteiger partial charge on any atom is 0.327 e. The van der Waals surface area contributed by atoms with E-state index in [-0.39, 0.29) is 17.1 Å². The molecular formula is C29H41NO5. The summed E-state index contributed by atoms with van der Waals surface area (Å²) in [6.45, 7) is 8.39. The van der Waals surface area contributed by atoms with E-state index in [9.17, 15) is 9.59 Å². The number of ether oxygens (including phenoxy) is 3. The fourth-order valence-electron chi connectivity index (χ4n) is 4.40. The van der Waals surface area contributed by atoms with Crippen LogP contribution in [0.15, 0.2) is 36.4 Å². The highest BCUT2D eigenvalue weighted by Crippen LogP contribution is 2.37. The third-order valence-electron chi connectivity index (χ3n) is 6.43. The van der Waals surface area contributed by atoms with Crippen molar-refractivity contribution >= 4 is 11.8 Å². The number of rotatable bonds is 12. The lowest BCUT2D eigenvalue weighted by Crippen LogP contribution is -2.24. The van der Waals surface area contributed by atoms with E-state index in [1.54, 1.807) is 20.3 Å². The second kappa shape index (κ2) is 12.7. The molecule has 0 aliphatic heterocycles. The first-order valence-electron chi connectivity index (χ1n) is 12.3. The van der Waals surface area contributed by atoms with Crippen LogP contribution in [0.4, 0.5) is 0 Å². The van der Waals surface area contributed by atoms with Crippen LogP contribution in [0.25, 0.3) is 0 Å². The van der Waals surface area contributed by atoms with Crippen molar-refractivity contribution < 1.29 is 23.8 Å². The Morgan fingerprint density at radius 1 is 0.971 bits per heavy atom. The van der Waals surface area contributed by atoms with Crippen LogP contribution in [0.1, 0.15) is 98.8 Å². The Kier molecular flexibility index (Phi) is 10.3. The molecule has 6 heteroatoms. The molecule has 0 heterocycles. The molecule has 0 saturated heterocycles. The van der Waals surface area contributed by atoms with Crippen molar-refractivity contribution in [2.24, 2.45) is 5.73 Å². The molecule has 0 aliphatic rings. The molecule has 35 heavy (non-hydrogen) atoms. The molecule has 0 saturated carbocycles. The number of ketones is 1. The molecule has 0 aromatic heterocycles. The maximum absolute atomic E-state index is 13.8. The number of hydrogen-bond acceptors (Lipinski definition) is 6. The average molecular weight is 484 g/mol. The number of esters is 1. The van der Waals surface area contributed by atoms with Crippen LogP contribution in [-0.2, 0) is 14.9 Å². The van der Waals surface area contributed by atoms with E-state index in [1.165, 1.54) is 7.11 Å². The Hall–Kier alpha value is -2.86. The summed E-state index contributed by atoms with van der Waals surface area (Å²) < 4.78 is 15.8. The second-order valence-electron chi connectivity index (χ2n) is 9.98. The number of nitrogens with two attached hydrogens (primary N) is 1. The van der Waals surface area contributed by atoms with Gasteiger partial charge >= 0.3 is 5.97 Å². The lowest BCUT2D eigenvalue weighted by atomic mass is 9.79. The summed E-state index contributed by atoms with van der Waals surface area (Å²) in [4.78, 5) is 25.9. The zero-order chi connectivity index (χ0) is 26.2. The van der Waals surface area contributed by atoms with Crippen LogP contribution in [0.3, 0.4) is 0 Å². The summed E-state index contributed by atoms with van der Waals surface area (Å²) in [6.07, 6.45) is 4.41. The lowest BCUT2D eigenvalue weighted by molar-refractivity contribution is -0.142. The minimum Gasteiger partial charge on any atom is -0.497 e. The van der Waals surface area contributed by atoms with Gasteiger partial charge in [0.15, 0.2) is 5.78 Å². The first kappa shape index (κ1) is 28.4. The molecule has 0 bridgehead atoms. The van der Waals surface area contributed by atoms with E-state index in [0.29, 0.717) is 23.3 Å². The van der Waals surface area contributed by atoms with Crippen LogP contribution in [-0.4, -0.2) is 33.1 Å². The van der Waals surface area contributed by atoms with Gasteiger partial charge < -0.3 is 19.9 Å². The summed E-state index contributed by atoms with van der Waals surface area (Å²) in [6, 6.07) is 10.3. The molecule has 192 valence electrons. The monoisotopic (exact) mass is 483 g/mol. The summed E-state index contributed by atoms with van der Waals surface area (Å²) in [7, 11) is 4.57. The van der Waals surface area contributed by atoms with Crippen LogP contribution in [0.2, 0.25) is 0 Å². The van der Waals surface area contributed by atoms with E-state index in [0.717, 1.165) is 42.6 Å². The highest BCUT2D eigenvalue weighted by atomic mass is 16.5. The van der Waals surface area contributed by atoms with Gasteiger partial charge in [-0.2, -0.15) is 0 Å². The van der Waals surface area contributed by atoms with Gasteiger partial charge in [0.25, 0.3) is 0 Å². The third-order valence-corrected chi connectivity index (χ3v) is 6.43. The second-order valence-corrected chi connectivity index (χ2v) is 9.98. The summed E-state index contributed by atoms with van der Waals surface area (Å²) in [5, 5.41) is 0. The average Bonchev–Trinajstić information content (AvgIpc) is 2.85. The van der Waals surface area contributed by atoms with E-state index in [2.05, 4.69) is 27.7 Å². The van der Waals surface area contributed by atoms with Crippen molar-refractivity contribution in [1.82, 2.24) is 0 Å². The van der Waals surface area contributed by atoms with Crippen LogP contribution in [0.5, 0.6) is 11.5 Å². The molecule has 0 radical (unpaired) electrons. The largest absolute Gasteiger partial charge is 0.497 e. The zero-order valence-electron chi connectivity index (χ0n) is 22.3. The standard InChI is InChI=1S/C29H41NO5/c1-8-9-10-11-19(22-14-13-21(33-5)18-26(22)34-6)17-25(31)23-16-20(27(30)28(32)35-7)12-15-24(23)29(2,3)4/h12-16,18-19,27H,8-11,17,30H2,1-7H3. The Labute approximate surface area is 210 Å². The van der Waals surface area contributed by atoms with Gasteiger partial charge in [-0.1, -0.05) is 65.2 Å². The lowest BCUT2D eigenvalue weighted by Gasteiger charge is -2.25. The Bertz CT molecular complexity index is 1010. The SMILES string of the molecule is CCCCCC(CC(=O)c1cc(C(N)C(=O)OC)ccc1C(C)(C)C)c1ccc(OC)cc1OC. The normalized spacial score (nSPS) is 13.1. The van der Waals surface area contributed by atoms with Crippen molar-refractivity contribution in [3.8, 4) is 11.5 Å². The summed E-state index contributed by atoms with van der Waals surface area (Å²) in [5.41, 5.74) is 8.94. The molecule has 0 spiro atoms. The molecule has 0 amide bonds. The van der Waals surface area contributed by atoms with Crippen molar-refractivity contribution in [2.75, 3.05) is 21.3 Å². The zero-order valence-corrected chi connectivity index (χ0v) is 22.3. The van der Waals surface area contributed by atoms with E-state index < -0.39 is 12.0 Å². The quantitative estimate of drug-likeness (QED) is 0.223. The molecule has 2 rings (SSSR count). The summed E-state index contributed by atoms with van der Waals surface area (Å²) in [5.74, 6) is 0.904. The van der Waals surface area contributed by atoms with E-state index in [1.807, 2.05) is 30.3 Å². The third kappa shape index (κ3) is 7.31. The first-order chi connectivity index (χ1) is 16.6. The van der Waals surface area contributed by atoms with Gasteiger partial charge in [0, 0.05) is 18.1 Å². The number of unbranched alkanes of at least 4 members (excludes halogenated alkanes) is 2. The molecule has 2 N–H and O–H groups in total. The molecule has 0 fully saturated rings. The Morgan fingerprint density at radius 2 is 1.69 bits per heavy atom. The van der Waals surface area contributed by atoms with Crippen LogP contribution >= 0.6 is 0 Å². The highest BCUT2D eigenvalue weighted by molar-refractivity contribution is 5.99. The van der Waals surface area contributed by atoms with Gasteiger partial charge in [0.2, 0.25) is 0 Å². The van der Waals surface area contributed by atoms with Crippen molar-refractivity contribution in [3.63, 3.8) is 0 Å². The Balaban J connectivity index is 2.50. The molecule has 2 aromatic rings. The molecule has 6 nitrogen and oxygen atoms in total. The van der Waals surface area contributed by atoms with E-state index >= 15 is 0 Å². The van der Waals surface area contributed by atoms with Crippen molar-refractivity contribution in [1.29, 1.82) is 0 Å². The number of carbonyl (C=O) groups excluding carboxylic acids is 2. The maximum atomic E-state index is 13.8. The molecule has 2 atom stereocenters. The van der Waals surface area contributed by atoms with Crippen LogP contribution < -0.4 is 15.2 Å².